The number of nitrogens with zero attached hydrogens (tertiary/aromatic N) is 3. The van der Waals surface area contributed by atoms with Crippen molar-refractivity contribution in [3.63, 3.8) is 0 Å². The molecule has 0 unspecified atom stereocenters. The van der Waals surface area contributed by atoms with Gasteiger partial charge < -0.3 is 10.3 Å². The highest BCUT2D eigenvalue weighted by atomic mass is 15.3. The van der Waals surface area contributed by atoms with Crippen LogP contribution in [0.1, 0.15) is 5.69 Å². The number of fused-ring (bicyclic) bond motifs is 2. The molecule has 2 aromatic heterocycles. The Labute approximate surface area is 122 Å². The van der Waals surface area contributed by atoms with Crippen LogP contribution < -0.4 is 5.73 Å². The van der Waals surface area contributed by atoms with Gasteiger partial charge in [0.15, 0.2) is 0 Å². The number of rotatable bonds is 2. The normalized spacial score (nSPS) is 11.5. The molecule has 0 atom stereocenters. The second kappa shape index (κ2) is 4.38. The molecule has 0 aliphatic heterocycles. The van der Waals surface area contributed by atoms with E-state index in [4.69, 9.17) is 5.73 Å². The number of hydrogen-bond donors (Lipinski definition) is 1. The zero-order valence-electron chi connectivity index (χ0n) is 11.8. The zero-order valence-corrected chi connectivity index (χ0v) is 11.8. The molecule has 0 saturated carbocycles. The Kier molecular flexibility index (Phi) is 2.51. The van der Waals surface area contributed by atoms with Crippen LogP contribution in [0, 0.1) is 0 Å². The average Bonchev–Trinajstić information content (AvgIpc) is 3.02. The van der Waals surface area contributed by atoms with Gasteiger partial charge in [0.25, 0.3) is 0 Å². The first-order valence-corrected chi connectivity index (χ1v) is 6.97. The molecule has 104 valence electrons. The van der Waals surface area contributed by atoms with E-state index >= 15 is 0 Å². The van der Waals surface area contributed by atoms with Crippen LogP contribution in [-0.4, -0.2) is 14.3 Å². The van der Waals surface area contributed by atoms with Gasteiger partial charge in [0.2, 0.25) is 0 Å². The van der Waals surface area contributed by atoms with E-state index in [9.17, 15) is 0 Å². The minimum Gasteiger partial charge on any atom is -0.399 e. The topological polar surface area (TPSA) is 48.8 Å². The molecule has 0 bridgehead atoms. The minimum absolute atomic E-state index is 0.744. The molecule has 2 aromatic carbocycles. The van der Waals surface area contributed by atoms with Gasteiger partial charge in [0.05, 0.1) is 23.3 Å². The number of benzene rings is 2. The summed E-state index contributed by atoms with van der Waals surface area (Å²) in [5.41, 5.74) is 10.1. The van der Waals surface area contributed by atoms with E-state index in [1.807, 2.05) is 29.9 Å². The highest BCUT2D eigenvalue weighted by Gasteiger charge is 2.09. The Balaban J connectivity index is 1.85. The van der Waals surface area contributed by atoms with Crippen LogP contribution >= 0.6 is 0 Å². The Morgan fingerprint density at radius 2 is 1.90 bits per heavy atom. The molecule has 2 heterocycles. The van der Waals surface area contributed by atoms with Gasteiger partial charge in [0.1, 0.15) is 0 Å². The summed E-state index contributed by atoms with van der Waals surface area (Å²) < 4.78 is 4.13. The molecule has 4 aromatic rings. The fourth-order valence-electron chi connectivity index (χ4n) is 2.91. The zero-order chi connectivity index (χ0) is 14.4. The predicted molar refractivity (Wildman–Crippen MR) is 86.2 cm³/mol. The lowest BCUT2D eigenvalue weighted by Gasteiger charge is -2.04. The van der Waals surface area contributed by atoms with E-state index in [-0.39, 0.29) is 0 Å². The fraction of sp³-hybridized carbons (Fsp3) is 0.118. The van der Waals surface area contributed by atoms with Crippen molar-refractivity contribution in [1.29, 1.82) is 0 Å². The first-order chi connectivity index (χ1) is 10.2. The van der Waals surface area contributed by atoms with Gasteiger partial charge in [-0.05, 0) is 29.7 Å². The second-order valence-electron chi connectivity index (χ2n) is 5.35. The quantitative estimate of drug-likeness (QED) is 0.572. The van der Waals surface area contributed by atoms with Gasteiger partial charge >= 0.3 is 0 Å². The molecule has 4 heteroatoms. The summed E-state index contributed by atoms with van der Waals surface area (Å²) in [5.74, 6) is 0. The Morgan fingerprint density at radius 3 is 2.81 bits per heavy atom. The van der Waals surface area contributed by atoms with Gasteiger partial charge in [-0.15, -0.1) is 0 Å². The molecule has 21 heavy (non-hydrogen) atoms. The summed E-state index contributed by atoms with van der Waals surface area (Å²) in [6, 6.07) is 16.4. The van der Waals surface area contributed by atoms with E-state index in [0.717, 1.165) is 29.0 Å². The number of nitrogens with two attached hydrogens (primary N) is 1. The van der Waals surface area contributed by atoms with Crippen molar-refractivity contribution in [3.8, 4) is 0 Å². The van der Waals surface area contributed by atoms with Crippen LogP contribution in [-0.2, 0) is 13.6 Å². The maximum Gasteiger partial charge on any atom is 0.0900 e. The third kappa shape index (κ3) is 1.88. The predicted octanol–water partition coefficient (Wildman–Crippen LogP) is 3.16. The number of hydrogen-bond acceptors (Lipinski definition) is 2. The van der Waals surface area contributed by atoms with Crippen LogP contribution in [0.15, 0.2) is 54.7 Å². The van der Waals surface area contributed by atoms with E-state index in [1.54, 1.807) is 0 Å². The van der Waals surface area contributed by atoms with Crippen LogP contribution in [0.3, 0.4) is 0 Å². The molecule has 4 nitrogen and oxygen atoms in total. The Hall–Kier alpha value is -2.75. The first-order valence-electron chi connectivity index (χ1n) is 6.97. The molecule has 0 radical (unpaired) electrons. The van der Waals surface area contributed by atoms with E-state index in [0.29, 0.717) is 0 Å². The summed E-state index contributed by atoms with van der Waals surface area (Å²) in [4.78, 5) is 0. The van der Waals surface area contributed by atoms with Crippen LogP contribution in [0.25, 0.3) is 21.8 Å². The highest BCUT2D eigenvalue weighted by Crippen LogP contribution is 2.23. The minimum atomic E-state index is 0.744. The van der Waals surface area contributed by atoms with Gasteiger partial charge in [-0.25, -0.2) is 0 Å². The van der Waals surface area contributed by atoms with Crippen molar-refractivity contribution in [2.45, 2.75) is 6.54 Å². The largest absolute Gasteiger partial charge is 0.399 e. The van der Waals surface area contributed by atoms with Gasteiger partial charge in [-0.3, -0.25) is 4.68 Å². The molecule has 0 spiro atoms. The van der Waals surface area contributed by atoms with Crippen LogP contribution in [0.5, 0.6) is 0 Å². The fourth-order valence-corrected chi connectivity index (χ4v) is 2.91. The van der Waals surface area contributed by atoms with Crippen molar-refractivity contribution in [2.24, 2.45) is 7.05 Å². The SMILES string of the molecule is Cn1nc(Cn2ccc3ccc(N)cc32)c2ccccc21. The van der Waals surface area contributed by atoms with Crippen molar-refractivity contribution < 1.29 is 0 Å². The molecular formula is C17H16N4. The monoisotopic (exact) mass is 276 g/mol. The summed E-state index contributed by atoms with van der Waals surface area (Å²) in [7, 11) is 1.98. The van der Waals surface area contributed by atoms with Gasteiger partial charge in [-0.1, -0.05) is 24.3 Å². The van der Waals surface area contributed by atoms with Gasteiger partial charge in [0, 0.05) is 24.3 Å². The van der Waals surface area contributed by atoms with Crippen molar-refractivity contribution >= 4 is 27.5 Å². The molecule has 0 aliphatic rings. The maximum absolute atomic E-state index is 5.91. The number of aromatic nitrogens is 3. The lowest BCUT2D eigenvalue weighted by atomic mass is 10.2. The van der Waals surface area contributed by atoms with Crippen LogP contribution in [0.2, 0.25) is 0 Å². The van der Waals surface area contributed by atoms with Gasteiger partial charge in [-0.2, -0.15) is 5.10 Å². The standard InChI is InChI=1S/C17H16N4/c1-20-16-5-3-2-4-14(16)15(19-20)11-21-9-8-12-6-7-13(18)10-17(12)21/h2-10H,11,18H2,1H3. The van der Waals surface area contributed by atoms with Crippen LogP contribution in [0.4, 0.5) is 5.69 Å². The Bertz CT molecular complexity index is 946. The van der Waals surface area contributed by atoms with Crippen molar-refractivity contribution in [1.82, 2.24) is 14.3 Å². The average molecular weight is 276 g/mol. The first kappa shape index (κ1) is 12.0. The number of para-hydroxylation sites is 1. The molecule has 0 amide bonds. The third-order valence-corrected chi connectivity index (χ3v) is 3.95. The summed E-state index contributed by atoms with van der Waals surface area (Å²) in [6.07, 6.45) is 2.09. The number of anilines is 1. The lowest BCUT2D eigenvalue weighted by molar-refractivity contribution is 0.732. The highest BCUT2D eigenvalue weighted by molar-refractivity contribution is 5.84. The molecule has 0 fully saturated rings. The Morgan fingerprint density at radius 1 is 1.05 bits per heavy atom. The smallest absolute Gasteiger partial charge is 0.0900 e. The van der Waals surface area contributed by atoms with Crippen molar-refractivity contribution in [2.75, 3.05) is 5.73 Å². The molecule has 4 rings (SSSR count). The number of aryl methyl sites for hydroxylation is 1. The molecule has 0 aliphatic carbocycles. The lowest BCUT2D eigenvalue weighted by Crippen LogP contribution is -2.00. The maximum atomic E-state index is 5.91. The van der Waals surface area contributed by atoms with E-state index in [2.05, 4.69) is 46.2 Å². The van der Waals surface area contributed by atoms with Crippen molar-refractivity contribution in [3.05, 3.63) is 60.4 Å². The number of nitrogen functional groups attached to an aromatic ring is 1. The summed E-state index contributed by atoms with van der Waals surface area (Å²) >= 11 is 0. The summed E-state index contributed by atoms with van der Waals surface area (Å²) in [5, 5.41) is 7.06. The third-order valence-electron chi connectivity index (χ3n) is 3.95. The second-order valence-corrected chi connectivity index (χ2v) is 5.35. The molecule has 0 saturated heterocycles. The molecular weight excluding hydrogens is 260 g/mol. The van der Waals surface area contributed by atoms with E-state index in [1.165, 1.54) is 10.8 Å². The van der Waals surface area contributed by atoms with E-state index < -0.39 is 0 Å². The summed E-state index contributed by atoms with van der Waals surface area (Å²) in [6.45, 7) is 0.744. The molecule has 2 N–H and O–H groups in total.